The van der Waals surface area contributed by atoms with Crippen molar-refractivity contribution in [3.8, 4) is 0 Å². The molecule has 1 aliphatic rings. The molecule has 0 saturated heterocycles. The van der Waals surface area contributed by atoms with E-state index in [9.17, 15) is 18.3 Å². The van der Waals surface area contributed by atoms with Crippen LogP contribution in [0.3, 0.4) is 0 Å². The van der Waals surface area contributed by atoms with E-state index in [0.29, 0.717) is 17.4 Å². The number of carbonyl (C=O) groups excluding carboxylic acids is 1. The van der Waals surface area contributed by atoms with E-state index in [1.165, 1.54) is 12.1 Å². The van der Waals surface area contributed by atoms with Gasteiger partial charge in [0, 0.05) is 13.0 Å². The zero-order valence-electron chi connectivity index (χ0n) is 22.0. The maximum atomic E-state index is 13.4. The molecule has 0 spiro atoms. The van der Waals surface area contributed by atoms with E-state index < -0.39 is 21.8 Å². The standard InChI is InChI=1S/C29H36ClN3O4S/c1-3-4-9-26-31-28(30)25(19-34)33(26)18-21-12-14-23(15-13-21)27(22-7-5-6-8-22)29(35)32-38(36,37)24-16-10-20(2)11-17-24/h10-17,22,27,34H,3-9,18-19H2,1-2H3,(H,32,35). The number of halogens is 1. The highest BCUT2D eigenvalue weighted by Crippen LogP contribution is 2.38. The monoisotopic (exact) mass is 557 g/mol. The largest absolute Gasteiger partial charge is 0.390 e. The zero-order valence-corrected chi connectivity index (χ0v) is 23.6. The van der Waals surface area contributed by atoms with E-state index in [0.717, 1.165) is 67.5 Å². The van der Waals surface area contributed by atoms with Gasteiger partial charge in [0.1, 0.15) is 5.82 Å². The van der Waals surface area contributed by atoms with E-state index in [1.54, 1.807) is 12.1 Å². The van der Waals surface area contributed by atoms with Crippen LogP contribution in [0, 0.1) is 12.8 Å². The molecule has 1 unspecified atom stereocenters. The molecule has 2 aromatic carbocycles. The van der Waals surface area contributed by atoms with Crippen LogP contribution in [0.2, 0.25) is 5.15 Å². The number of imidazole rings is 1. The van der Waals surface area contributed by atoms with E-state index >= 15 is 0 Å². The number of hydrogen-bond donors (Lipinski definition) is 2. The highest BCUT2D eigenvalue weighted by Gasteiger charge is 2.34. The molecular weight excluding hydrogens is 522 g/mol. The van der Waals surface area contributed by atoms with Crippen LogP contribution in [0.15, 0.2) is 53.4 Å². The number of aromatic nitrogens is 2. The summed E-state index contributed by atoms with van der Waals surface area (Å²) in [6.45, 7) is 4.29. The minimum absolute atomic E-state index is 0.0783. The second-order valence-electron chi connectivity index (χ2n) is 10.2. The minimum atomic E-state index is -3.97. The van der Waals surface area contributed by atoms with Gasteiger partial charge in [-0.1, -0.05) is 79.7 Å². The molecule has 204 valence electrons. The first-order valence-corrected chi connectivity index (χ1v) is 15.2. The first-order valence-electron chi connectivity index (χ1n) is 13.3. The number of aryl methyl sites for hydroxylation is 2. The minimum Gasteiger partial charge on any atom is -0.390 e. The van der Waals surface area contributed by atoms with Crippen molar-refractivity contribution in [3.05, 3.63) is 81.9 Å². The Kier molecular flexibility index (Phi) is 9.28. The summed E-state index contributed by atoms with van der Waals surface area (Å²) in [5.74, 6) is -0.115. The number of sulfonamides is 1. The number of amides is 1. The Bertz CT molecular complexity index is 1350. The number of benzene rings is 2. The Labute approximate surface area is 230 Å². The Morgan fingerprint density at radius 3 is 2.39 bits per heavy atom. The fourth-order valence-corrected chi connectivity index (χ4v) is 6.55. The molecule has 4 rings (SSSR count). The number of aliphatic hydroxyl groups is 1. The summed E-state index contributed by atoms with van der Waals surface area (Å²) in [7, 11) is -3.97. The van der Waals surface area contributed by atoms with Gasteiger partial charge < -0.3 is 9.67 Å². The van der Waals surface area contributed by atoms with Crippen molar-refractivity contribution in [2.75, 3.05) is 0 Å². The van der Waals surface area contributed by atoms with Gasteiger partial charge in [-0.2, -0.15) is 0 Å². The predicted octanol–water partition coefficient (Wildman–Crippen LogP) is 5.51. The van der Waals surface area contributed by atoms with Crippen LogP contribution in [-0.2, 0) is 34.4 Å². The Balaban J connectivity index is 1.57. The Morgan fingerprint density at radius 1 is 1.13 bits per heavy atom. The number of hydrogen-bond acceptors (Lipinski definition) is 5. The Morgan fingerprint density at radius 2 is 1.79 bits per heavy atom. The summed E-state index contributed by atoms with van der Waals surface area (Å²) in [5.41, 5.74) is 3.31. The molecule has 1 saturated carbocycles. The van der Waals surface area contributed by atoms with Gasteiger partial charge in [-0.15, -0.1) is 0 Å². The van der Waals surface area contributed by atoms with Crippen molar-refractivity contribution in [2.45, 2.75) is 82.8 Å². The summed E-state index contributed by atoms with van der Waals surface area (Å²) in [4.78, 5) is 18.0. The van der Waals surface area contributed by atoms with E-state index in [-0.39, 0.29) is 17.4 Å². The fraction of sp³-hybridized carbons (Fsp3) is 0.448. The van der Waals surface area contributed by atoms with Gasteiger partial charge in [0.15, 0.2) is 5.15 Å². The smallest absolute Gasteiger partial charge is 0.264 e. The average Bonchev–Trinajstić information content (AvgIpc) is 3.51. The van der Waals surface area contributed by atoms with Gasteiger partial charge >= 0.3 is 0 Å². The van der Waals surface area contributed by atoms with Crippen LogP contribution in [0.25, 0.3) is 0 Å². The molecule has 9 heteroatoms. The molecule has 1 amide bonds. The van der Waals surface area contributed by atoms with E-state index in [1.807, 2.05) is 35.8 Å². The normalized spacial score (nSPS) is 15.1. The lowest BCUT2D eigenvalue weighted by molar-refractivity contribution is -0.121. The quantitative estimate of drug-likeness (QED) is 0.324. The van der Waals surface area contributed by atoms with Crippen molar-refractivity contribution < 1.29 is 18.3 Å². The second-order valence-corrected chi connectivity index (χ2v) is 12.2. The summed E-state index contributed by atoms with van der Waals surface area (Å²) in [6, 6.07) is 14.2. The summed E-state index contributed by atoms with van der Waals surface area (Å²) in [6.07, 6.45) is 6.61. The van der Waals surface area contributed by atoms with Gasteiger partial charge in [-0.05, 0) is 55.4 Å². The van der Waals surface area contributed by atoms with Crippen LogP contribution >= 0.6 is 11.6 Å². The molecule has 1 fully saturated rings. The molecule has 0 radical (unpaired) electrons. The highest BCUT2D eigenvalue weighted by molar-refractivity contribution is 7.90. The molecule has 0 bridgehead atoms. The number of unbranched alkanes of at least 4 members (excludes halogenated alkanes) is 1. The first kappa shape index (κ1) is 28.3. The van der Waals surface area contributed by atoms with Crippen molar-refractivity contribution in [1.29, 1.82) is 0 Å². The number of aliphatic hydroxyl groups excluding tert-OH is 1. The predicted molar refractivity (Wildman–Crippen MR) is 149 cm³/mol. The molecule has 1 aromatic heterocycles. The maximum absolute atomic E-state index is 13.4. The number of nitrogens with zero attached hydrogens (tertiary/aromatic N) is 2. The topological polar surface area (TPSA) is 101 Å². The molecule has 3 aromatic rings. The molecule has 1 heterocycles. The van der Waals surface area contributed by atoms with Crippen LogP contribution in [0.4, 0.5) is 0 Å². The third kappa shape index (κ3) is 6.47. The number of carbonyl (C=O) groups is 1. The molecule has 7 nitrogen and oxygen atoms in total. The van der Waals surface area contributed by atoms with Gasteiger partial charge in [-0.3, -0.25) is 4.79 Å². The summed E-state index contributed by atoms with van der Waals surface area (Å²) >= 11 is 6.29. The third-order valence-electron chi connectivity index (χ3n) is 7.41. The fourth-order valence-electron chi connectivity index (χ4n) is 5.28. The van der Waals surface area contributed by atoms with Crippen LogP contribution in [-0.4, -0.2) is 29.0 Å². The second kappa shape index (κ2) is 12.5. The Hall–Kier alpha value is -2.68. The molecule has 1 atom stereocenters. The molecule has 1 aliphatic carbocycles. The lowest BCUT2D eigenvalue weighted by Crippen LogP contribution is -2.37. The van der Waals surface area contributed by atoms with E-state index in [2.05, 4.69) is 16.6 Å². The van der Waals surface area contributed by atoms with Gasteiger partial charge in [0.05, 0.1) is 23.1 Å². The van der Waals surface area contributed by atoms with Crippen molar-refractivity contribution in [2.24, 2.45) is 5.92 Å². The third-order valence-corrected chi connectivity index (χ3v) is 9.07. The first-order chi connectivity index (χ1) is 18.2. The summed E-state index contributed by atoms with van der Waals surface area (Å²) < 4.78 is 30.2. The number of nitrogens with one attached hydrogen (secondary N) is 1. The lowest BCUT2D eigenvalue weighted by Gasteiger charge is -2.23. The van der Waals surface area contributed by atoms with Crippen molar-refractivity contribution >= 4 is 27.5 Å². The highest BCUT2D eigenvalue weighted by atomic mass is 35.5. The number of rotatable bonds is 11. The van der Waals surface area contributed by atoms with Gasteiger partial charge in [0.2, 0.25) is 5.91 Å². The molecule has 0 aliphatic heterocycles. The average molecular weight is 558 g/mol. The van der Waals surface area contributed by atoms with Crippen molar-refractivity contribution in [1.82, 2.24) is 14.3 Å². The zero-order chi connectivity index (χ0) is 27.3. The summed E-state index contributed by atoms with van der Waals surface area (Å²) in [5, 5.41) is 10.2. The maximum Gasteiger partial charge on any atom is 0.264 e. The van der Waals surface area contributed by atoms with Crippen LogP contribution in [0.5, 0.6) is 0 Å². The van der Waals surface area contributed by atoms with Crippen molar-refractivity contribution in [3.63, 3.8) is 0 Å². The molecular formula is C29H36ClN3O4S. The SMILES string of the molecule is CCCCc1nc(Cl)c(CO)n1Cc1ccc(C(C(=O)NS(=O)(=O)c2ccc(C)cc2)C2CCCC2)cc1. The van der Waals surface area contributed by atoms with Crippen LogP contribution in [0.1, 0.15) is 79.6 Å². The van der Waals surface area contributed by atoms with E-state index in [4.69, 9.17) is 11.6 Å². The van der Waals surface area contributed by atoms with Gasteiger partial charge in [-0.25, -0.2) is 18.1 Å². The molecule has 2 N–H and O–H groups in total. The lowest BCUT2D eigenvalue weighted by atomic mass is 9.84. The van der Waals surface area contributed by atoms with Crippen LogP contribution < -0.4 is 4.72 Å². The molecule has 38 heavy (non-hydrogen) atoms. The van der Waals surface area contributed by atoms with Gasteiger partial charge in [0.25, 0.3) is 10.0 Å².